The molecule has 0 bridgehead atoms. The van der Waals surface area contributed by atoms with Crippen molar-refractivity contribution in [3.8, 4) is 16.9 Å². The van der Waals surface area contributed by atoms with E-state index < -0.39 is 5.66 Å². The highest BCUT2D eigenvalue weighted by Crippen LogP contribution is 2.43. The smallest absolute Gasteiger partial charge is 0.238 e. The van der Waals surface area contributed by atoms with Crippen molar-refractivity contribution in [2.24, 2.45) is 0 Å². The molecular weight excluding hydrogens is 486 g/mol. The summed E-state index contributed by atoms with van der Waals surface area (Å²) < 4.78 is 6.79. The van der Waals surface area contributed by atoms with Gasteiger partial charge >= 0.3 is 0 Å². The van der Waals surface area contributed by atoms with Gasteiger partial charge in [0.2, 0.25) is 5.66 Å². The number of aromatic amines is 1. The summed E-state index contributed by atoms with van der Waals surface area (Å²) in [5.41, 5.74) is 4.46. The first-order valence-corrected chi connectivity index (χ1v) is 14.0. The van der Waals surface area contributed by atoms with Crippen LogP contribution in [-0.4, -0.2) is 59.1 Å². The van der Waals surface area contributed by atoms with Gasteiger partial charge in [-0.25, -0.2) is 4.59 Å². The Morgan fingerprint density at radius 2 is 1.82 bits per heavy atom. The maximum Gasteiger partial charge on any atom is 0.238 e. The van der Waals surface area contributed by atoms with E-state index in [1.165, 1.54) is 36.5 Å². The van der Waals surface area contributed by atoms with Crippen LogP contribution in [0.25, 0.3) is 34.3 Å². The Labute approximate surface area is 228 Å². The number of likely N-dealkylation sites (tertiary alicyclic amines) is 1. The first kappa shape index (κ1) is 24.1. The number of carbonyl (C=O) groups is 1. The highest BCUT2D eigenvalue weighted by atomic mass is 16.5. The normalized spacial score (nSPS) is 22.1. The molecule has 7 rings (SSSR count). The highest BCUT2D eigenvalue weighted by Gasteiger charge is 2.57. The zero-order valence-corrected chi connectivity index (χ0v) is 22.3. The second-order valence-corrected chi connectivity index (χ2v) is 10.9. The summed E-state index contributed by atoms with van der Waals surface area (Å²) in [4.78, 5) is 19.6. The van der Waals surface area contributed by atoms with E-state index in [1.807, 2.05) is 42.7 Å². The fourth-order valence-electron chi connectivity index (χ4n) is 7.23. The number of nitrogens with zero attached hydrogens (tertiary/aromatic N) is 3. The van der Waals surface area contributed by atoms with Crippen molar-refractivity contribution in [3.05, 3.63) is 82.6 Å². The summed E-state index contributed by atoms with van der Waals surface area (Å²) in [7, 11) is 1.72. The third kappa shape index (κ3) is 3.57. The van der Waals surface area contributed by atoms with Crippen LogP contribution in [0.4, 0.5) is 0 Å². The highest BCUT2D eigenvalue weighted by molar-refractivity contribution is 6.00. The van der Waals surface area contributed by atoms with Crippen LogP contribution in [0.5, 0.6) is 5.75 Å². The van der Waals surface area contributed by atoms with Crippen molar-refractivity contribution >= 4 is 29.5 Å². The monoisotopic (exact) mass is 520 g/mol. The molecule has 2 aromatic heterocycles. The number of hydrogen-bond acceptors (Lipinski definition) is 5. The molecule has 2 saturated heterocycles. The Hall–Kier alpha value is -3.94. The topological polar surface area (TPSA) is 70.2 Å². The van der Waals surface area contributed by atoms with Crippen LogP contribution in [0.2, 0.25) is 0 Å². The predicted octanol–water partition coefficient (Wildman–Crippen LogP) is 3.65. The van der Waals surface area contributed by atoms with Crippen molar-refractivity contribution in [2.45, 2.75) is 31.3 Å². The van der Waals surface area contributed by atoms with Gasteiger partial charge in [0, 0.05) is 77.8 Å². The Morgan fingerprint density at radius 1 is 1.03 bits per heavy atom. The fourth-order valence-corrected chi connectivity index (χ4v) is 7.23. The van der Waals surface area contributed by atoms with Gasteiger partial charge in [-0.1, -0.05) is 24.3 Å². The molecule has 4 aromatic rings. The Morgan fingerprint density at radius 3 is 2.51 bits per heavy atom. The van der Waals surface area contributed by atoms with Gasteiger partial charge < -0.3 is 15.0 Å². The minimum atomic E-state index is -0.487. The molecule has 0 aliphatic carbocycles. The van der Waals surface area contributed by atoms with Gasteiger partial charge in [-0.2, -0.15) is 5.01 Å². The van der Waals surface area contributed by atoms with Crippen LogP contribution in [0.1, 0.15) is 41.6 Å². The van der Waals surface area contributed by atoms with E-state index in [-0.39, 0.29) is 0 Å². The zero-order valence-electron chi connectivity index (χ0n) is 22.3. The van der Waals surface area contributed by atoms with Crippen molar-refractivity contribution in [3.63, 3.8) is 0 Å². The number of carbonyl (C=O) groups excluding carboxylic acids is 1. The maximum absolute atomic E-state index is 11.4. The quantitative estimate of drug-likeness (QED) is 0.300. The van der Waals surface area contributed by atoms with Crippen LogP contribution in [0.15, 0.2) is 60.9 Å². The van der Waals surface area contributed by atoms with E-state index >= 15 is 0 Å². The molecule has 0 radical (unpaired) electrons. The van der Waals surface area contributed by atoms with Gasteiger partial charge in [0.05, 0.1) is 31.1 Å². The molecule has 0 spiro atoms. The number of nitrogens with one attached hydrogen (secondary N) is 2. The average molecular weight is 521 g/mol. The fraction of sp³-hybridized carbons (Fsp3) is 0.312. The molecule has 7 nitrogen and oxygen atoms in total. The molecule has 2 aromatic carbocycles. The number of rotatable bonds is 6. The summed E-state index contributed by atoms with van der Waals surface area (Å²) in [6.07, 6.45) is 14.3. The van der Waals surface area contributed by atoms with E-state index in [0.717, 1.165) is 70.2 Å². The van der Waals surface area contributed by atoms with Crippen LogP contribution < -0.4 is 20.6 Å². The second-order valence-electron chi connectivity index (χ2n) is 10.9. The summed E-state index contributed by atoms with van der Waals surface area (Å²) in [6, 6.07) is 16.2. The van der Waals surface area contributed by atoms with Crippen molar-refractivity contribution in [1.29, 1.82) is 0 Å². The molecule has 3 aliphatic rings. The standard InChI is InChI=1S/C32H34N5O2/c1-39-29-13-12-27-31(30(29)24-10-8-23(22-38)9-11-24)26-19-32(34-21-28(26)35-27,25-7-6-14-33-20-25)37(17-4-5-18-37)36-15-2-3-16-36/h6-14,19-22,34-35H,2-5,15-18H2,1H3/q+1. The van der Waals surface area contributed by atoms with Crippen LogP contribution >= 0.6 is 0 Å². The molecule has 0 amide bonds. The number of aldehydes is 1. The lowest BCUT2D eigenvalue weighted by Gasteiger charge is -2.53. The van der Waals surface area contributed by atoms with E-state index in [0.29, 0.717) is 5.56 Å². The molecule has 2 N–H and O–H groups in total. The van der Waals surface area contributed by atoms with Gasteiger partial charge in [0.25, 0.3) is 0 Å². The summed E-state index contributed by atoms with van der Waals surface area (Å²) in [5, 5.41) is 10.0. The first-order valence-electron chi connectivity index (χ1n) is 14.0. The molecule has 5 heterocycles. The molecule has 0 saturated carbocycles. The minimum absolute atomic E-state index is 0.487. The number of fused-ring (bicyclic) bond motifs is 3. The third-order valence-electron chi connectivity index (χ3n) is 9.03. The third-order valence-corrected chi connectivity index (χ3v) is 9.03. The van der Waals surface area contributed by atoms with E-state index in [9.17, 15) is 4.79 Å². The molecule has 39 heavy (non-hydrogen) atoms. The van der Waals surface area contributed by atoms with Gasteiger partial charge in [-0.05, 0) is 42.7 Å². The second kappa shape index (κ2) is 9.36. The van der Waals surface area contributed by atoms with Gasteiger partial charge in [-0.3, -0.25) is 9.78 Å². The number of hydrogen-bond donors (Lipinski definition) is 2. The molecule has 7 heteroatoms. The summed E-state index contributed by atoms with van der Waals surface area (Å²) in [5.74, 6) is 0.812. The molecule has 2 fully saturated rings. The van der Waals surface area contributed by atoms with Crippen molar-refractivity contribution in [2.75, 3.05) is 33.3 Å². The lowest BCUT2D eigenvalue weighted by atomic mass is 9.92. The van der Waals surface area contributed by atoms with E-state index in [1.54, 1.807) is 7.11 Å². The minimum Gasteiger partial charge on any atom is -0.496 e. The Balaban J connectivity index is 1.55. The number of H-pyrrole nitrogens is 1. The number of methoxy groups -OCH3 is 1. The number of benzene rings is 2. The molecule has 198 valence electrons. The number of aromatic nitrogens is 2. The van der Waals surface area contributed by atoms with Crippen molar-refractivity contribution in [1.82, 2.24) is 20.3 Å². The van der Waals surface area contributed by atoms with Gasteiger partial charge in [0.1, 0.15) is 12.0 Å². The predicted molar refractivity (Wildman–Crippen MR) is 153 cm³/mol. The van der Waals surface area contributed by atoms with Gasteiger partial charge in [0.15, 0.2) is 0 Å². The Kier molecular flexibility index (Phi) is 5.79. The average Bonchev–Trinajstić information content (AvgIpc) is 3.77. The van der Waals surface area contributed by atoms with E-state index in [4.69, 9.17) is 4.74 Å². The van der Waals surface area contributed by atoms with Crippen LogP contribution in [-0.2, 0) is 5.66 Å². The van der Waals surface area contributed by atoms with Gasteiger partial charge in [-0.15, -0.1) is 0 Å². The summed E-state index contributed by atoms with van der Waals surface area (Å²) >= 11 is 0. The lowest BCUT2D eigenvalue weighted by Crippen LogP contribution is -2.73. The summed E-state index contributed by atoms with van der Waals surface area (Å²) in [6.45, 7) is 4.40. The molecular formula is C32H34N5O2+. The maximum atomic E-state index is 11.4. The molecule has 1 atom stereocenters. The number of quaternary nitrogens is 1. The number of ether oxygens (including phenoxy) is 1. The Bertz CT molecular complexity index is 1650. The molecule has 1 unspecified atom stereocenters. The number of pyridine rings is 1. The SMILES string of the molecule is COc1ccc2[nH]c3c(c2c1-c1ccc(C=O)cc1)=CC(c1cccnc1)([N+]1(N2CCCC2)CCCC1)NC=3. The van der Waals surface area contributed by atoms with E-state index in [2.05, 4.69) is 50.8 Å². The lowest BCUT2D eigenvalue weighted by molar-refractivity contribution is -1.07. The zero-order chi connectivity index (χ0) is 26.5. The largest absolute Gasteiger partial charge is 0.496 e. The van der Waals surface area contributed by atoms with Crippen LogP contribution in [0.3, 0.4) is 0 Å². The molecule has 3 aliphatic heterocycles. The first-order chi connectivity index (χ1) is 19.2. The van der Waals surface area contributed by atoms with Crippen LogP contribution in [0, 0.1) is 0 Å². The van der Waals surface area contributed by atoms with Crippen molar-refractivity contribution < 1.29 is 14.1 Å².